The fourth-order valence-electron chi connectivity index (χ4n) is 4.51. The van der Waals surface area contributed by atoms with Crippen LogP contribution in [-0.2, 0) is 19.1 Å². The van der Waals surface area contributed by atoms with Crippen LogP contribution in [0.4, 0.5) is 11.4 Å². The molecule has 0 saturated carbocycles. The van der Waals surface area contributed by atoms with Gasteiger partial charge in [-0.2, -0.15) is 0 Å². The van der Waals surface area contributed by atoms with Crippen molar-refractivity contribution >= 4 is 40.8 Å². The van der Waals surface area contributed by atoms with Gasteiger partial charge in [-0.05, 0) is 61.0 Å². The minimum atomic E-state index is -0.694. The van der Waals surface area contributed by atoms with E-state index in [2.05, 4.69) is 4.90 Å². The molecular formula is C30H32ClN3O6. The molecule has 0 aromatic heterocycles. The number of benzene rings is 2. The number of esters is 2. The molecule has 4 rings (SSSR count). The van der Waals surface area contributed by atoms with Crippen molar-refractivity contribution in [1.29, 1.82) is 0 Å². The number of carbonyl (C=O) groups is 3. The number of rotatable bonds is 8. The summed E-state index contributed by atoms with van der Waals surface area (Å²) in [7, 11) is 2.50. The second-order valence-electron chi connectivity index (χ2n) is 9.10. The summed E-state index contributed by atoms with van der Waals surface area (Å²) < 4.78 is 15.4. The number of hydrogen-bond acceptors (Lipinski definition) is 8. The van der Waals surface area contributed by atoms with Crippen molar-refractivity contribution in [3.63, 3.8) is 0 Å². The smallest absolute Gasteiger partial charge is 0.355 e. The molecule has 0 bridgehead atoms. The number of ether oxygens (including phenoxy) is 3. The third-order valence-corrected chi connectivity index (χ3v) is 6.88. The highest BCUT2D eigenvalue weighted by Crippen LogP contribution is 2.34. The Hall–Kier alpha value is -4.24. The number of methoxy groups -OCH3 is 2. The van der Waals surface area contributed by atoms with Gasteiger partial charge in [0.15, 0.2) is 0 Å². The Kier molecular flexibility index (Phi) is 9.50. The van der Waals surface area contributed by atoms with Gasteiger partial charge in [0.1, 0.15) is 11.4 Å². The molecule has 2 heterocycles. The second kappa shape index (κ2) is 13.2. The third kappa shape index (κ3) is 6.31. The Balaban J connectivity index is 1.48. The van der Waals surface area contributed by atoms with E-state index in [4.69, 9.17) is 25.8 Å². The molecule has 210 valence electrons. The molecule has 10 heteroatoms. The van der Waals surface area contributed by atoms with Crippen LogP contribution in [-0.4, -0.2) is 69.8 Å². The summed E-state index contributed by atoms with van der Waals surface area (Å²) in [5.41, 5.74) is 2.07. The predicted octanol–water partition coefficient (Wildman–Crippen LogP) is 4.58. The topological polar surface area (TPSA) is 88.6 Å². The number of nitrogens with zero attached hydrogens (tertiary/aromatic N) is 3. The van der Waals surface area contributed by atoms with E-state index in [-0.39, 0.29) is 17.2 Å². The maximum Gasteiger partial charge on any atom is 0.355 e. The molecule has 0 unspecified atom stereocenters. The lowest BCUT2D eigenvalue weighted by molar-refractivity contribution is -0.139. The molecule has 0 radical (unpaired) electrons. The average molecular weight is 566 g/mol. The number of hydrogen-bond donors (Lipinski definition) is 0. The van der Waals surface area contributed by atoms with Crippen LogP contribution in [0.15, 0.2) is 78.2 Å². The second-order valence-corrected chi connectivity index (χ2v) is 9.51. The largest absolute Gasteiger partial charge is 0.494 e. The number of halogens is 1. The Labute approximate surface area is 238 Å². The maximum atomic E-state index is 13.0. The molecule has 2 aliphatic heterocycles. The van der Waals surface area contributed by atoms with Crippen molar-refractivity contribution in [2.24, 2.45) is 0 Å². The lowest BCUT2D eigenvalue weighted by Crippen LogP contribution is -2.48. The number of carbonyl (C=O) groups excluding carboxylic acids is 3. The number of amides is 1. The van der Waals surface area contributed by atoms with Gasteiger partial charge in [0.2, 0.25) is 0 Å². The molecule has 0 aliphatic carbocycles. The SMILES string of the molecule is CCCOc1ccc(C(=O)N2CCN(c3ccc(N4C=CC=CC(C(=O)OC)=C4C(=O)OC)cc3Cl)CC2)cc1. The zero-order chi connectivity index (χ0) is 28.6. The predicted molar refractivity (Wildman–Crippen MR) is 154 cm³/mol. The van der Waals surface area contributed by atoms with Crippen LogP contribution < -0.4 is 14.5 Å². The van der Waals surface area contributed by atoms with Crippen molar-refractivity contribution in [3.8, 4) is 5.75 Å². The summed E-state index contributed by atoms with van der Waals surface area (Å²) in [6.07, 6.45) is 7.41. The molecule has 1 amide bonds. The summed E-state index contributed by atoms with van der Waals surface area (Å²) in [4.78, 5) is 43.6. The van der Waals surface area contributed by atoms with Crippen LogP contribution in [0, 0.1) is 0 Å². The van der Waals surface area contributed by atoms with E-state index in [1.807, 2.05) is 36.1 Å². The Bertz CT molecular complexity index is 1340. The maximum absolute atomic E-state index is 13.0. The van der Waals surface area contributed by atoms with E-state index in [0.717, 1.165) is 17.9 Å². The lowest BCUT2D eigenvalue weighted by Gasteiger charge is -2.36. The van der Waals surface area contributed by atoms with Crippen LogP contribution in [0.1, 0.15) is 23.7 Å². The summed E-state index contributed by atoms with van der Waals surface area (Å²) >= 11 is 6.73. The first-order chi connectivity index (χ1) is 19.4. The molecule has 0 atom stereocenters. The van der Waals surface area contributed by atoms with Gasteiger partial charge >= 0.3 is 11.9 Å². The standard InChI is InChI=1S/C30H32ClN3O6/c1-4-19-40-23-11-8-21(9-12-23)28(35)33-17-15-32(16-18-33)26-13-10-22(20-25(26)31)34-14-6-5-7-24(29(36)38-2)27(34)30(37)39-3/h5-14,20H,4,15-19H2,1-3H3. The molecule has 2 aromatic rings. The summed E-state index contributed by atoms with van der Waals surface area (Å²) in [5, 5.41) is 0.467. The fraction of sp³-hybridized carbons (Fsp3) is 0.300. The van der Waals surface area contributed by atoms with E-state index >= 15 is 0 Å². The molecule has 1 saturated heterocycles. The molecule has 0 spiro atoms. The van der Waals surface area contributed by atoms with Gasteiger partial charge in [0.25, 0.3) is 5.91 Å². The molecule has 2 aliphatic rings. The minimum Gasteiger partial charge on any atom is -0.494 e. The van der Waals surface area contributed by atoms with Gasteiger partial charge in [0, 0.05) is 43.6 Å². The summed E-state index contributed by atoms with van der Waals surface area (Å²) in [6.45, 7) is 4.99. The monoisotopic (exact) mass is 565 g/mol. The lowest BCUT2D eigenvalue weighted by atomic mass is 10.1. The Morgan fingerprint density at radius 3 is 2.23 bits per heavy atom. The number of piperazine rings is 1. The molecule has 40 heavy (non-hydrogen) atoms. The van der Waals surface area contributed by atoms with Crippen molar-refractivity contribution in [1.82, 2.24) is 4.90 Å². The first-order valence-corrected chi connectivity index (χ1v) is 13.4. The number of anilines is 2. The molecular weight excluding hydrogens is 534 g/mol. The highest BCUT2D eigenvalue weighted by Gasteiger charge is 2.29. The van der Waals surface area contributed by atoms with Crippen LogP contribution >= 0.6 is 11.6 Å². The van der Waals surface area contributed by atoms with Crippen molar-refractivity contribution in [2.45, 2.75) is 13.3 Å². The Morgan fingerprint density at radius 1 is 0.900 bits per heavy atom. The highest BCUT2D eigenvalue weighted by atomic mass is 35.5. The van der Waals surface area contributed by atoms with Gasteiger partial charge in [-0.15, -0.1) is 0 Å². The average Bonchev–Trinajstić information content (AvgIpc) is 3.22. The van der Waals surface area contributed by atoms with Crippen LogP contribution in [0.25, 0.3) is 0 Å². The van der Waals surface area contributed by atoms with Gasteiger partial charge in [-0.25, -0.2) is 9.59 Å². The fourth-order valence-corrected chi connectivity index (χ4v) is 4.81. The zero-order valence-corrected chi connectivity index (χ0v) is 23.5. The third-order valence-electron chi connectivity index (χ3n) is 6.58. The van der Waals surface area contributed by atoms with E-state index in [1.165, 1.54) is 20.3 Å². The normalized spacial score (nSPS) is 15.2. The van der Waals surface area contributed by atoms with Gasteiger partial charge in [0.05, 0.1) is 37.1 Å². The first kappa shape index (κ1) is 28.8. The molecule has 9 nitrogen and oxygen atoms in total. The number of allylic oxidation sites excluding steroid dienone is 2. The minimum absolute atomic E-state index is 0.0141. The van der Waals surface area contributed by atoms with Crippen molar-refractivity contribution in [3.05, 3.63) is 88.7 Å². The Morgan fingerprint density at radius 2 is 1.60 bits per heavy atom. The van der Waals surface area contributed by atoms with Crippen molar-refractivity contribution in [2.75, 3.05) is 56.8 Å². The van der Waals surface area contributed by atoms with Crippen LogP contribution in [0.2, 0.25) is 5.02 Å². The molecule has 0 N–H and O–H groups in total. The molecule has 1 fully saturated rings. The molecule has 2 aromatic carbocycles. The highest BCUT2D eigenvalue weighted by molar-refractivity contribution is 6.33. The summed E-state index contributed by atoms with van der Waals surface area (Å²) in [5.74, 6) is -0.626. The zero-order valence-electron chi connectivity index (χ0n) is 22.8. The van der Waals surface area contributed by atoms with E-state index < -0.39 is 11.9 Å². The first-order valence-electron chi connectivity index (χ1n) is 13.0. The van der Waals surface area contributed by atoms with E-state index in [1.54, 1.807) is 41.5 Å². The van der Waals surface area contributed by atoms with Crippen LogP contribution in [0.5, 0.6) is 5.75 Å². The van der Waals surface area contributed by atoms with Crippen LogP contribution in [0.3, 0.4) is 0 Å². The quantitative estimate of drug-likeness (QED) is 0.430. The van der Waals surface area contributed by atoms with E-state index in [0.29, 0.717) is 49.1 Å². The van der Waals surface area contributed by atoms with Gasteiger partial charge < -0.3 is 28.9 Å². The van der Waals surface area contributed by atoms with Gasteiger partial charge in [-0.3, -0.25) is 4.79 Å². The van der Waals surface area contributed by atoms with E-state index in [9.17, 15) is 14.4 Å². The summed E-state index contributed by atoms with van der Waals surface area (Å²) in [6, 6.07) is 12.6. The van der Waals surface area contributed by atoms with Gasteiger partial charge in [-0.1, -0.05) is 24.6 Å². The van der Waals surface area contributed by atoms with Crippen molar-refractivity contribution < 1.29 is 28.6 Å².